The molecule has 2 aromatic rings. The number of carbonyl (C=O) groups is 2. The highest BCUT2D eigenvalue weighted by Gasteiger charge is 2.53. The van der Waals surface area contributed by atoms with E-state index in [0.29, 0.717) is 5.56 Å². The van der Waals surface area contributed by atoms with Gasteiger partial charge in [0.2, 0.25) is 0 Å². The molecule has 0 radical (unpaired) electrons. The fraction of sp³-hybridized carbons (Fsp3) is 0.238. The van der Waals surface area contributed by atoms with E-state index >= 15 is 0 Å². The molecule has 26 heavy (non-hydrogen) atoms. The lowest BCUT2D eigenvalue weighted by atomic mass is 9.94. The molecule has 0 heterocycles. The standard InChI is InChI=1S/C21H21NO4/c1-14(2)26-22(19(23)16-10-6-7-15(3)11-16)21(20(24)25)12-17-8-4-5-9-18(17)13-21/h4-11H,1,12-13H2,2-3H3,(H,24,25). The summed E-state index contributed by atoms with van der Waals surface area (Å²) in [4.78, 5) is 31.1. The van der Waals surface area contributed by atoms with Gasteiger partial charge in [-0.05, 0) is 37.1 Å². The van der Waals surface area contributed by atoms with E-state index in [9.17, 15) is 14.7 Å². The Balaban J connectivity index is 2.07. The van der Waals surface area contributed by atoms with E-state index in [1.807, 2.05) is 37.3 Å². The first-order valence-corrected chi connectivity index (χ1v) is 8.38. The van der Waals surface area contributed by atoms with Crippen molar-refractivity contribution < 1.29 is 19.5 Å². The van der Waals surface area contributed by atoms with Crippen LogP contribution < -0.4 is 0 Å². The van der Waals surface area contributed by atoms with Gasteiger partial charge in [0.1, 0.15) is 5.76 Å². The number of hydrogen-bond acceptors (Lipinski definition) is 3. The van der Waals surface area contributed by atoms with Gasteiger partial charge >= 0.3 is 5.97 Å². The highest BCUT2D eigenvalue weighted by Crippen LogP contribution is 2.37. The van der Waals surface area contributed by atoms with Gasteiger partial charge in [-0.15, -0.1) is 0 Å². The number of aliphatic carboxylic acids is 1. The number of fused-ring (bicyclic) bond motifs is 1. The number of benzene rings is 2. The lowest BCUT2D eigenvalue weighted by Gasteiger charge is -2.36. The van der Waals surface area contributed by atoms with Crippen LogP contribution in [0.1, 0.15) is 34.0 Å². The van der Waals surface area contributed by atoms with Crippen molar-refractivity contribution in [2.75, 3.05) is 0 Å². The number of carbonyl (C=O) groups excluding carboxylic acids is 1. The molecule has 1 N–H and O–H groups in total. The van der Waals surface area contributed by atoms with Gasteiger partial charge in [-0.1, -0.05) is 48.5 Å². The van der Waals surface area contributed by atoms with Crippen LogP contribution in [0.25, 0.3) is 0 Å². The largest absolute Gasteiger partial charge is 0.479 e. The molecule has 0 aromatic heterocycles. The second kappa shape index (κ2) is 6.67. The van der Waals surface area contributed by atoms with E-state index < -0.39 is 17.4 Å². The first-order valence-electron chi connectivity index (χ1n) is 8.38. The summed E-state index contributed by atoms with van der Waals surface area (Å²) in [5.41, 5.74) is 1.58. The number of amides is 1. The summed E-state index contributed by atoms with van der Waals surface area (Å²) in [6.07, 6.45) is 0.368. The molecule has 0 spiro atoms. The number of hydrogen-bond donors (Lipinski definition) is 1. The summed E-state index contributed by atoms with van der Waals surface area (Å²) in [6, 6.07) is 14.5. The Morgan fingerprint density at radius 2 is 1.73 bits per heavy atom. The Kier molecular flexibility index (Phi) is 4.55. The van der Waals surface area contributed by atoms with Crippen molar-refractivity contribution in [1.29, 1.82) is 0 Å². The molecule has 134 valence electrons. The minimum absolute atomic E-state index is 0.184. The third kappa shape index (κ3) is 3.08. The molecule has 1 aliphatic carbocycles. The summed E-state index contributed by atoms with van der Waals surface area (Å²) < 4.78 is 0. The number of allylic oxidation sites excluding steroid dienone is 1. The van der Waals surface area contributed by atoms with Crippen LogP contribution in [0.4, 0.5) is 0 Å². The van der Waals surface area contributed by atoms with E-state index in [2.05, 4.69) is 6.58 Å². The van der Waals surface area contributed by atoms with E-state index in [-0.39, 0.29) is 18.6 Å². The smallest absolute Gasteiger partial charge is 0.334 e. The average molecular weight is 351 g/mol. The highest BCUT2D eigenvalue weighted by molar-refractivity contribution is 5.98. The molecule has 2 aromatic carbocycles. The number of aryl methyl sites for hydroxylation is 1. The minimum Gasteiger partial charge on any atom is -0.479 e. The molecule has 0 unspecified atom stereocenters. The predicted octanol–water partition coefficient (Wildman–Crippen LogP) is 3.52. The summed E-state index contributed by atoms with van der Waals surface area (Å²) in [7, 11) is 0. The van der Waals surface area contributed by atoms with E-state index in [1.165, 1.54) is 0 Å². The van der Waals surface area contributed by atoms with Crippen molar-refractivity contribution in [1.82, 2.24) is 5.06 Å². The third-order valence-corrected chi connectivity index (χ3v) is 4.57. The Bertz CT molecular complexity index is 862. The third-order valence-electron chi connectivity index (χ3n) is 4.57. The molecule has 1 aliphatic rings. The molecule has 5 heteroatoms. The van der Waals surface area contributed by atoms with Crippen LogP contribution in [0.5, 0.6) is 0 Å². The van der Waals surface area contributed by atoms with Crippen molar-refractivity contribution in [2.45, 2.75) is 32.2 Å². The van der Waals surface area contributed by atoms with Gasteiger partial charge in [-0.3, -0.25) is 4.79 Å². The van der Waals surface area contributed by atoms with Gasteiger partial charge in [0.05, 0.1) is 0 Å². The molecule has 5 nitrogen and oxygen atoms in total. The monoisotopic (exact) mass is 351 g/mol. The quantitative estimate of drug-likeness (QED) is 0.661. The molecule has 0 saturated carbocycles. The first-order chi connectivity index (χ1) is 12.3. The van der Waals surface area contributed by atoms with Crippen molar-refractivity contribution in [3.8, 4) is 0 Å². The first kappa shape index (κ1) is 17.7. The maximum atomic E-state index is 13.2. The molecule has 0 aliphatic heterocycles. The van der Waals surface area contributed by atoms with Gasteiger partial charge in [0.15, 0.2) is 5.54 Å². The van der Waals surface area contributed by atoms with Crippen LogP contribution >= 0.6 is 0 Å². The van der Waals surface area contributed by atoms with Gasteiger partial charge in [-0.2, -0.15) is 5.06 Å². The summed E-state index contributed by atoms with van der Waals surface area (Å²) >= 11 is 0. The lowest BCUT2D eigenvalue weighted by molar-refractivity contribution is -0.184. The second-order valence-electron chi connectivity index (χ2n) is 6.72. The Morgan fingerprint density at radius 3 is 2.23 bits per heavy atom. The summed E-state index contributed by atoms with van der Waals surface area (Å²) in [6.45, 7) is 7.16. The Hall–Kier alpha value is -3.08. The topological polar surface area (TPSA) is 66.8 Å². The normalized spacial score (nSPS) is 14.4. The number of hydroxylamine groups is 2. The SMILES string of the molecule is C=C(C)ON(C(=O)c1cccc(C)c1)C1(C(=O)O)Cc2ccccc2C1. The van der Waals surface area contributed by atoms with E-state index in [4.69, 9.17) is 4.84 Å². The average Bonchev–Trinajstić information content (AvgIpc) is 2.99. The maximum Gasteiger partial charge on any atom is 0.334 e. The van der Waals surface area contributed by atoms with Crippen molar-refractivity contribution >= 4 is 11.9 Å². The summed E-state index contributed by atoms with van der Waals surface area (Å²) in [5, 5.41) is 11.1. The highest BCUT2D eigenvalue weighted by atomic mass is 16.7. The van der Waals surface area contributed by atoms with Gasteiger partial charge in [0, 0.05) is 18.4 Å². The lowest BCUT2D eigenvalue weighted by Crippen LogP contribution is -2.57. The molecular formula is C21H21NO4. The molecule has 0 fully saturated rings. The second-order valence-corrected chi connectivity index (χ2v) is 6.72. The molecule has 0 saturated heterocycles. The van der Waals surface area contributed by atoms with Crippen molar-refractivity contribution in [3.63, 3.8) is 0 Å². The Labute approximate surface area is 152 Å². The van der Waals surface area contributed by atoms with Crippen LogP contribution in [0, 0.1) is 6.92 Å². The van der Waals surface area contributed by atoms with Gasteiger partial charge < -0.3 is 9.94 Å². The molecule has 0 bridgehead atoms. The van der Waals surface area contributed by atoms with E-state index in [1.54, 1.807) is 25.1 Å². The maximum absolute atomic E-state index is 13.2. The van der Waals surface area contributed by atoms with Crippen LogP contribution in [0.15, 0.2) is 60.9 Å². The fourth-order valence-electron chi connectivity index (χ4n) is 3.35. The van der Waals surface area contributed by atoms with Crippen molar-refractivity contribution in [2.24, 2.45) is 0 Å². The molecule has 1 amide bonds. The zero-order valence-corrected chi connectivity index (χ0v) is 14.9. The summed E-state index contributed by atoms with van der Waals surface area (Å²) in [5.74, 6) is -1.34. The van der Waals surface area contributed by atoms with Crippen LogP contribution in [0.2, 0.25) is 0 Å². The molecule has 0 atom stereocenters. The van der Waals surface area contributed by atoms with Crippen LogP contribution in [0.3, 0.4) is 0 Å². The number of nitrogens with zero attached hydrogens (tertiary/aromatic N) is 1. The Morgan fingerprint density at radius 1 is 1.12 bits per heavy atom. The number of carboxylic acids is 1. The minimum atomic E-state index is -1.51. The molecular weight excluding hydrogens is 330 g/mol. The number of carboxylic acid groups (broad SMARTS) is 1. The fourth-order valence-corrected chi connectivity index (χ4v) is 3.35. The van der Waals surface area contributed by atoms with Gasteiger partial charge in [0.25, 0.3) is 5.91 Å². The zero-order chi connectivity index (χ0) is 18.9. The van der Waals surface area contributed by atoms with E-state index in [0.717, 1.165) is 21.8 Å². The predicted molar refractivity (Wildman–Crippen MR) is 97.5 cm³/mol. The van der Waals surface area contributed by atoms with Crippen LogP contribution in [-0.4, -0.2) is 27.6 Å². The van der Waals surface area contributed by atoms with Crippen molar-refractivity contribution in [3.05, 3.63) is 83.1 Å². The van der Waals surface area contributed by atoms with Gasteiger partial charge in [-0.25, -0.2) is 4.79 Å². The van der Waals surface area contributed by atoms with Crippen LogP contribution in [-0.2, 0) is 22.5 Å². The number of rotatable bonds is 5. The molecule has 3 rings (SSSR count). The zero-order valence-electron chi connectivity index (χ0n) is 14.9.